The van der Waals surface area contributed by atoms with E-state index in [1.54, 1.807) is 25.2 Å². The molecule has 3 rings (SSSR count). The quantitative estimate of drug-likeness (QED) is 0.700. The first-order chi connectivity index (χ1) is 14.1. The molecule has 29 heavy (non-hydrogen) atoms. The van der Waals surface area contributed by atoms with E-state index < -0.39 is 0 Å². The van der Waals surface area contributed by atoms with Gasteiger partial charge in [0.2, 0.25) is 0 Å². The molecule has 3 amide bonds. The lowest BCUT2D eigenvalue weighted by Crippen LogP contribution is -2.29. The fourth-order valence-electron chi connectivity index (χ4n) is 3.64. The second-order valence-corrected chi connectivity index (χ2v) is 7.52. The lowest BCUT2D eigenvalue weighted by molar-refractivity contribution is 0.0962. The highest BCUT2D eigenvalue weighted by molar-refractivity contribution is 5.98. The summed E-state index contributed by atoms with van der Waals surface area (Å²) in [5, 5.41) is 8.31. The number of urea groups is 1. The molecule has 0 radical (unpaired) electrons. The second kappa shape index (κ2) is 10.1. The Morgan fingerprint density at radius 3 is 2.34 bits per heavy atom. The molecule has 2 aromatic rings. The molecule has 1 aliphatic heterocycles. The van der Waals surface area contributed by atoms with Crippen LogP contribution in [-0.4, -0.2) is 37.0 Å². The Morgan fingerprint density at radius 2 is 1.66 bits per heavy atom. The molecule has 2 aromatic carbocycles. The zero-order valence-corrected chi connectivity index (χ0v) is 17.3. The van der Waals surface area contributed by atoms with Gasteiger partial charge in [-0.1, -0.05) is 36.8 Å². The molecule has 0 saturated carbocycles. The highest BCUT2D eigenvalue weighted by Crippen LogP contribution is 2.19. The maximum Gasteiger partial charge on any atom is 0.319 e. The molecule has 0 atom stereocenters. The van der Waals surface area contributed by atoms with Crippen LogP contribution in [0.1, 0.15) is 46.3 Å². The van der Waals surface area contributed by atoms with Gasteiger partial charge in [-0.2, -0.15) is 0 Å². The average molecular weight is 395 g/mol. The Bertz CT molecular complexity index is 842. The minimum absolute atomic E-state index is 0.170. The van der Waals surface area contributed by atoms with E-state index in [1.807, 2.05) is 6.92 Å². The molecule has 0 aliphatic carbocycles. The van der Waals surface area contributed by atoms with Gasteiger partial charge in [0.1, 0.15) is 0 Å². The molecule has 0 aromatic heterocycles. The van der Waals surface area contributed by atoms with Crippen LogP contribution < -0.4 is 16.0 Å². The van der Waals surface area contributed by atoms with Crippen molar-refractivity contribution in [1.29, 1.82) is 0 Å². The molecule has 1 heterocycles. The number of nitrogens with one attached hydrogen (secondary N) is 3. The van der Waals surface area contributed by atoms with Crippen LogP contribution in [0.15, 0.2) is 42.5 Å². The van der Waals surface area contributed by atoms with E-state index in [-0.39, 0.29) is 11.9 Å². The first kappa shape index (κ1) is 20.9. The Kier molecular flexibility index (Phi) is 7.25. The summed E-state index contributed by atoms with van der Waals surface area (Å²) >= 11 is 0. The van der Waals surface area contributed by atoms with Crippen LogP contribution in [0, 0.1) is 6.92 Å². The number of benzene rings is 2. The highest BCUT2D eigenvalue weighted by Gasteiger charge is 2.12. The summed E-state index contributed by atoms with van der Waals surface area (Å²) < 4.78 is 0. The number of hydrogen-bond donors (Lipinski definition) is 3. The predicted octanol–water partition coefficient (Wildman–Crippen LogP) is 3.66. The summed E-state index contributed by atoms with van der Waals surface area (Å²) in [7, 11) is 1.59. The van der Waals surface area contributed by atoms with Gasteiger partial charge in [0.15, 0.2) is 0 Å². The number of amides is 3. The van der Waals surface area contributed by atoms with E-state index in [9.17, 15) is 9.59 Å². The summed E-state index contributed by atoms with van der Waals surface area (Å²) in [5.41, 5.74) is 4.28. The summed E-state index contributed by atoms with van der Waals surface area (Å²) in [6.07, 6.45) is 3.93. The first-order valence-electron chi connectivity index (χ1n) is 10.2. The third-order valence-electron chi connectivity index (χ3n) is 5.38. The van der Waals surface area contributed by atoms with Crippen molar-refractivity contribution < 1.29 is 9.59 Å². The van der Waals surface area contributed by atoms with Crippen molar-refractivity contribution in [2.45, 2.75) is 39.3 Å². The zero-order chi connectivity index (χ0) is 20.6. The Hall–Kier alpha value is -2.86. The Labute approximate surface area is 172 Å². The lowest BCUT2D eigenvalue weighted by atomic mass is 10.1. The number of carbonyl (C=O) groups excluding carboxylic acids is 2. The van der Waals surface area contributed by atoms with Gasteiger partial charge in [0.25, 0.3) is 5.91 Å². The molecule has 154 valence electrons. The Balaban J connectivity index is 1.51. The number of piperidine rings is 1. The van der Waals surface area contributed by atoms with Gasteiger partial charge in [0, 0.05) is 31.4 Å². The minimum Gasteiger partial charge on any atom is -0.355 e. The first-order valence-corrected chi connectivity index (χ1v) is 10.2. The van der Waals surface area contributed by atoms with Gasteiger partial charge in [-0.15, -0.1) is 0 Å². The summed E-state index contributed by atoms with van der Waals surface area (Å²) in [5.74, 6) is -0.170. The topological polar surface area (TPSA) is 73.5 Å². The average Bonchev–Trinajstić information content (AvgIpc) is 2.75. The molecule has 6 nitrogen and oxygen atoms in total. The van der Waals surface area contributed by atoms with Crippen molar-refractivity contribution in [3.05, 3.63) is 64.7 Å². The van der Waals surface area contributed by atoms with E-state index in [0.29, 0.717) is 17.8 Å². The third kappa shape index (κ3) is 5.81. The van der Waals surface area contributed by atoms with Gasteiger partial charge in [-0.05, 0) is 61.7 Å². The Morgan fingerprint density at radius 1 is 0.966 bits per heavy atom. The largest absolute Gasteiger partial charge is 0.355 e. The van der Waals surface area contributed by atoms with Gasteiger partial charge in [-0.3, -0.25) is 9.69 Å². The molecule has 0 spiro atoms. The SMILES string of the molecule is CNC(=O)c1cccc(NC(=O)NCc2ccc(CN3CCCCC3)cc2)c1C. The normalized spacial score (nSPS) is 14.3. The smallest absolute Gasteiger partial charge is 0.319 e. The van der Waals surface area contributed by atoms with E-state index in [0.717, 1.165) is 17.7 Å². The van der Waals surface area contributed by atoms with Crippen LogP contribution in [0.2, 0.25) is 0 Å². The number of nitrogens with zero attached hydrogens (tertiary/aromatic N) is 1. The number of hydrogen-bond acceptors (Lipinski definition) is 3. The van der Waals surface area contributed by atoms with Crippen molar-refractivity contribution in [3.63, 3.8) is 0 Å². The molecule has 0 bridgehead atoms. The summed E-state index contributed by atoms with van der Waals surface area (Å²) in [6, 6.07) is 13.4. The van der Waals surface area contributed by atoms with Gasteiger partial charge < -0.3 is 16.0 Å². The lowest BCUT2D eigenvalue weighted by Gasteiger charge is -2.26. The fourth-order valence-corrected chi connectivity index (χ4v) is 3.64. The van der Waals surface area contributed by atoms with E-state index in [4.69, 9.17) is 0 Å². The highest BCUT2D eigenvalue weighted by atomic mass is 16.2. The van der Waals surface area contributed by atoms with Crippen molar-refractivity contribution in [1.82, 2.24) is 15.5 Å². The molecule has 1 aliphatic rings. The number of likely N-dealkylation sites (tertiary alicyclic amines) is 1. The molecule has 1 saturated heterocycles. The molecule has 6 heteroatoms. The van der Waals surface area contributed by atoms with Crippen molar-refractivity contribution in [2.75, 3.05) is 25.5 Å². The molecule has 1 fully saturated rings. The van der Waals surface area contributed by atoms with Gasteiger partial charge in [0.05, 0.1) is 0 Å². The van der Waals surface area contributed by atoms with E-state index >= 15 is 0 Å². The number of carbonyl (C=O) groups is 2. The van der Waals surface area contributed by atoms with E-state index in [2.05, 4.69) is 45.1 Å². The van der Waals surface area contributed by atoms with Crippen LogP contribution in [0.3, 0.4) is 0 Å². The van der Waals surface area contributed by atoms with Gasteiger partial charge >= 0.3 is 6.03 Å². The molecule has 0 unspecified atom stereocenters. The fraction of sp³-hybridized carbons (Fsp3) is 0.391. The van der Waals surface area contributed by atoms with Crippen LogP contribution in [-0.2, 0) is 13.1 Å². The molecule has 3 N–H and O–H groups in total. The van der Waals surface area contributed by atoms with Crippen molar-refractivity contribution in [2.24, 2.45) is 0 Å². The summed E-state index contributed by atoms with van der Waals surface area (Å²) in [6.45, 7) is 5.63. The zero-order valence-electron chi connectivity index (χ0n) is 17.3. The van der Waals surface area contributed by atoms with E-state index in [1.165, 1.54) is 37.9 Å². The number of rotatable bonds is 6. The van der Waals surface area contributed by atoms with Crippen LogP contribution >= 0.6 is 0 Å². The maximum atomic E-state index is 12.3. The van der Waals surface area contributed by atoms with Gasteiger partial charge in [-0.25, -0.2) is 4.79 Å². The van der Waals surface area contributed by atoms with Crippen LogP contribution in [0.4, 0.5) is 10.5 Å². The van der Waals surface area contributed by atoms with Crippen LogP contribution in [0.25, 0.3) is 0 Å². The third-order valence-corrected chi connectivity index (χ3v) is 5.38. The predicted molar refractivity (Wildman–Crippen MR) is 116 cm³/mol. The van der Waals surface area contributed by atoms with Crippen LogP contribution in [0.5, 0.6) is 0 Å². The molecular weight excluding hydrogens is 364 g/mol. The van der Waals surface area contributed by atoms with Crippen molar-refractivity contribution >= 4 is 17.6 Å². The second-order valence-electron chi connectivity index (χ2n) is 7.52. The minimum atomic E-state index is -0.292. The monoisotopic (exact) mass is 394 g/mol. The number of anilines is 1. The van der Waals surface area contributed by atoms with Crippen molar-refractivity contribution in [3.8, 4) is 0 Å². The molecular formula is C23H30N4O2. The maximum absolute atomic E-state index is 12.3. The standard InChI is InChI=1S/C23H30N4O2/c1-17-20(22(28)24-2)7-6-8-21(17)26-23(29)25-15-18-9-11-19(12-10-18)16-27-13-4-3-5-14-27/h6-12H,3-5,13-16H2,1-2H3,(H,24,28)(H2,25,26,29). The summed E-state index contributed by atoms with van der Waals surface area (Å²) in [4.78, 5) is 26.7.